The van der Waals surface area contributed by atoms with Gasteiger partial charge < -0.3 is 4.90 Å². The van der Waals surface area contributed by atoms with Crippen molar-refractivity contribution in [3.63, 3.8) is 0 Å². The van der Waals surface area contributed by atoms with Gasteiger partial charge in [-0.3, -0.25) is 4.79 Å². The van der Waals surface area contributed by atoms with Gasteiger partial charge >= 0.3 is 0 Å². The van der Waals surface area contributed by atoms with Gasteiger partial charge in [0.15, 0.2) is 5.78 Å². The number of ketones is 1. The van der Waals surface area contributed by atoms with Crippen LogP contribution in [0.4, 0.5) is 0 Å². The first-order chi connectivity index (χ1) is 6.61. The van der Waals surface area contributed by atoms with Crippen LogP contribution in [0.3, 0.4) is 0 Å². The van der Waals surface area contributed by atoms with E-state index in [4.69, 9.17) is 0 Å². The van der Waals surface area contributed by atoms with E-state index < -0.39 is 0 Å². The van der Waals surface area contributed by atoms with Crippen LogP contribution >= 0.6 is 11.3 Å². The van der Waals surface area contributed by atoms with Crippen molar-refractivity contribution >= 4 is 17.1 Å². The summed E-state index contributed by atoms with van der Waals surface area (Å²) in [6.07, 6.45) is 1.65. The van der Waals surface area contributed by atoms with Gasteiger partial charge in [0.2, 0.25) is 0 Å². The van der Waals surface area contributed by atoms with Crippen molar-refractivity contribution in [1.82, 2.24) is 4.90 Å². The number of hydrogen-bond donors (Lipinski definition) is 0. The smallest absolute Gasteiger partial charge is 0.151 e. The molecule has 0 aliphatic carbocycles. The molecule has 0 spiro atoms. The Labute approximate surface area is 89.5 Å². The number of nitrogens with zero attached hydrogens (tertiary/aromatic N) is 1. The minimum absolute atomic E-state index is 0.291. The van der Waals surface area contributed by atoms with Gasteiger partial charge in [-0.15, -0.1) is 11.3 Å². The predicted molar refractivity (Wildman–Crippen MR) is 61.0 cm³/mol. The Bertz CT molecular complexity index is 304. The zero-order valence-electron chi connectivity index (χ0n) is 9.04. The van der Waals surface area contributed by atoms with Crippen molar-refractivity contribution in [2.24, 2.45) is 0 Å². The highest BCUT2D eigenvalue weighted by Gasteiger charge is 2.06. The van der Waals surface area contributed by atoms with E-state index in [0.29, 0.717) is 18.7 Å². The number of aryl methyl sites for hydroxylation is 1. The molecule has 0 radical (unpaired) electrons. The predicted octanol–water partition coefficient (Wildman–Crippen LogP) is 1.98. The van der Waals surface area contributed by atoms with Gasteiger partial charge in [-0.2, -0.15) is 0 Å². The summed E-state index contributed by atoms with van der Waals surface area (Å²) >= 11 is 1.75. The Morgan fingerprint density at radius 1 is 1.36 bits per heavy atom. The van der Waals surface area contributed by atoms with E-state index in [0.717, 1.165) is 6.42 Å². The van der Waals surface area contributed by atoms with Crippen LogP contribution in [0, 0.1) is 0 Å². The Morgan fingerprint density at radius 3 is 2.50 bits per heavy atom. The minimum Gasteiger partial charge on any atom is -0.302 e. The van der Waals surface area contributed by atoms with Crippen LogP contribution in [0.1, 0.15) is 16.7 Å². The lowest BCUT2D eigenvalue weighted by molar-refractivity contribution is -0.118. The third-order valence-electron chi connectivity index (χ3n) is 1.93. The summed E-state index contributed by atoms with van der Waals surface area (Å²) in [6, 6.07) is 4.18. The Balaban J connectivity index is 2.47. The fraction of sp³-hybridized carbons (Fsp3) is 0.545. The second kappa shape index (κ2) is 5.27. The molecule has 0 bridgehead atoms. The van der Waals surface area contributed by atoms with Crippen LogP contribution in [0.15, 0.2) is 12.1 Å². The fourth-order valence-corrected chi connectivity index (χ4v) is 2.30. The van der Waals surface area contributed by atoms with Crippen LogP contribution in [-0.2, 0) is 17.6 Å². The zero-order valence-corrected chi connectivity index (χ0v) is 9.86. The molecule has 0 fully saturated rings. The van der Waals surface area contributed by atoms with Gasteiger partial charge in [0.25, 0.3) is 0 Å². The Kier molecular flexibility index (Phi) is 4.29. The third-order valence-corrected chi connectivity index (χ3v) is 3.16. The maximum absolute atomic E-state index is 11.5. The van der Waals surface area contributed by atoms with Gasteiger partial charge in [0, 0.05) is 16.2 Å². The quantitative estimate of drug-likeness (QED) is 0.742. The van der Waals surface area contributed by atoms with E-state index in [-0.39, 0.29) is 0 Å². The van der Waals surface area contributed by atoms with Crippen LogP contribution in [0.2, 0.25) is 0 Å². The molecule has 0 saturated heterocycles. The Morgan fingerprint density at radius 2 is 2.00 bits per heavy atom. The number of likely N-dealkylation sites (N-methyl/N-ethyl adjacent to an activating group) is 1. The number of thiophene rings is 1. The number of Topliss-reactive ketones (excluding diaryl/α,β-unsaturated/α-hetero) is 1. The molecular formula is C11H17NOS. The lowest BCUT2D eigenvalue weighted by Gasteiger charge is -2.06. The molecule has 0 unspecified atom stereocenters. The number of rotatable bonds is 5. The standard InChI is InChI=1S/C11H17NOS/c1-4-10-5-6-11(14-10)7-9(13)8-12(2)3/h5-6H,4,7-8H2,1-3H3. The summed E-state index contributed by atoms with van der Waals surface area (Å²) in [6.45, 7) is 2.68. The molecule has 1 rings (SSSR count). The molecule has 0 aliphatic rings. The van der Waals surface area contributed by atoms with Gasteiger partial charge in [-0.1, -0.05) is 6.92 Å². The van der Waals surface area contributed by atoms with Crippen molar-refractivity contribution in [2.75, 3.05) is 20.6 Å². The van der Waals surface area contributed by atoms with E-state index in [1.54, 1.807) is 11.3 Å². The van der Waals surface area contributed by atoms with Crippen molar-refractivity contribution in [3.05, 3.63) is 21.9 Å². The lowest BCUT2D eigenvalue weighted by Crippen LogP contribution is -2.22. The molecule has 0 aliphatic heterocycles. The van der Waals surface area contributed by atoms with Crippen molar-refractivity contribution in [1.29, 1.82) is 0 Å². The second-order valence-corrected chi connectivity index (χ2v) is 4.93. The molecule has 2 nitrogen and oxygen atoms in total. The van der Waals surface area contributed by atoms with Gasteiger partial charge in [-0.25, -0.2) is 0 Å². The largest absolute Gasteiger partial charge is 0.302 e. The molecule has 0 N–H and O–H groups in total. The van der Waals surface area contributed by atoms with E-state index in [1.807, 2.05) is 19.0 Å². The molecule has 0 saturated carbocycles. The molecule has 1 aromatic heterocycles. The van der Waals surface area contributed by atoms with Crippen LogP contribution in [-0.4, -0.2) is 31.3 Å². The van der Waals surface area contributed by atoms with Crippen molar-refractivity contribution < 1.29 is 4.79 Å². The van der Waals surface area contributed by atoms with Crippen molar-refractivity contribution in [3.8, 4) is 0 Å². The van der Waals surface area contributed by atoms with Crippen molar-refractivity contribution in [2.45, 2.75) is 19.8 Å². The summed E-state index contributed by atoms with van der Waals surface area (Å²) in [5.74, 6) is 0.291. The highest BCUT2D eigenvalue weighted by molar-refractivity contribution is 7.12. The number of hydrogen-bond acceptors (Lipinski definition) is 3. The zero-order chi connectivity index (χ0) is 10.6. The van der Waals surface area contributed by atoms with E-state index >= 15 is 0 Å². The third kappa shape index (κ3) is 3.60. The molecule has 1 heterocycles. The minimum atomic E-state index is 0.291. The first-order valence-corrected chi connectivity index (χ1v) is 5.67. The summed E-state index contributed by atoms with van der Waals surface area (Å²) in [7, 11) is 3.84. The summed E-state index contributed by atoms with van der Waals surface area (Å²) < 4.78 is 0. The van der Waals surface area contributed by atoms with Crippen LogP contribution < -0.4 is 0 Å². The number of carbonyl (C=O) groups is 1. The van der Waals surface area contributed by atoms with E-state index in [1.165, 1.54) is 9.75 Å². The first kappa shape index (κ1) is 11.4. The molecule has 0 atom stereocenters. The maximum Gasteiger partial charge on any atom is 0.151 e. The Hall–Kier alpha value is -0.670. The van der Waals surface area contributed by atoms with Crippen LogP contribution in [0.25, 0.3) is 0 Å². The monoisotopic (exact) mass is 211 g/mol. The molecule has 0 amide bonds. The highest BCUT2D eigenvalue weighted by Crippen LogP contribution is 2.17. The van der Waals surface area contributed by atoms with Gasteiger partial charge in [-0.05, 0) is 32.6 Å². The summed E-state index contributed by atoms with van der Waals surface area (Å²) in [5, 5.41) is 0. The fourth-order valence-electron chi connectivity index (χ4n) is 1.31. The van der Waals surface area contributed by atoms with E-state index in [9.17, 15) is 4.79 Å². The summed E-state index contributed by atoms with van der Waals surface area (Å²) in [4.78, 5) is 15.9. The number of carbonyl (C=O) groups excluding carboxylic acids is 1. The first-order valence-electron chi connectivity index (χ1n) is 4.86. The average molecular weight is 211 g/mol. The van der Waals surface area contributed by atoms with E-state index in [2.05, 4.69) is 19.1 Å². The molecule has 1 aromatic rings. The topological polar surface area (TPSA) is 20.3 Å². The SMILES string of the molecule is CCc1ccc(CC(=O)CN(C)C)s1. The molecular weight excluding hydrogens is 194 g/mol. The van der Waals surface area contributed by atoms with Gasteiger partial charge in [0.1, 0.15) is 0 Å². The van der Waals surface area contributed by atoms with Crippen LogP contribution in [0.5, 0.6) is 0 Å². The highest BCUT2D eigenvalue weighted by atomic mass is 32.1. The second-order valence-electron chi connectivity index (χ2n) is 3.67. The average Bonchev–Trinajstić information content (AvgIpc) is 2.50. The van der Waals surface area contributed by atoms with Gasteiger partial charge in [0.05, 0.1) is 6.54 Å². The molecule has 0 aromatic carbocycles. The normalized spacial score (nSPS) is 10.9. The molecule has 78 valence electrons. The molecule has 3 heteroatoms. The molecule has 14 heavy (non-hydrogen) atoms. The maximum atomic E-state index is 11.5. The lowest BCUT2D eigenvalue weighted by atomic mass is 10.2. The summed E-state index contributed by atoms with van der Waals surface area (Å²) in [5.41, 5.74) is 0.